The second-order valence-electron chi connectivity index (χ2n) is 4.69. The van der Waals surface area contributed by atoms with E-state index < -0.39 is 16.0 Å². The van der Waals surface area contributed by atoms with Crippen LogP contribution in [0.2, 0.25) is 0 Å². The van der Waals surface area contributed by atoms with E-state index in [1.807, 2.05) is 0 Å². The van der Waals surface area contributed by atoms with Crippen LogP contribution >= 0.6 is 31.9 Å². The molecule has 110 valence electrons. The second-order valence-corrected chi connectivity index (χ2v) is 8.37. The molecule has 8 heteroatoms. The molecule has 1 atom stereocenters. The second kappa shape index (κ2) is 6.13. The van der Waals surface area contributed by atoms with Gasteiger partial charge in [-0.05, 0) is 46.5 Å². The van der Waals surface area contributed by atoms with Crippen LogP contribution in [0.4, 0.5) is 0 Å². The first kappa shape index (κ1) is 15.9. The Morgan fingerprint density at radius 2 is 2.10 bits per heavy atom. The molecule has 1 aromatic carbocycles. The predicted octanol–water partition coefficient (Wildman–Crippen LogP) is 2.70. The minimum Gasteiger partial charge on any atom is -0.481 e. The summed E-state index contributed by atoms with van der Waals surface area (Å²) in [7, 11) is -3.60. The molecule has 0 radical (unpaired) electrons. The molecule has 2 rings (SSSR count). The molecule has 20 heavy (non-hydrogen) atoms. The molecule has 0 aromatic heterocycles. The SMILES string of the molecule is O=C(O)CC1CCN(S(=O)(=O)c2cc(Br)ccc2Br)C1. The Bertz CT molecular complexity index is 632. The lowest BCUT2D eigenvalue weighted by molar-refractivity contribution is -0.137. The van der Waals surface area contributed by atoms with Crippen molar-refractivity contribution in [3.63, 3.8) is 0 Å². The first-order valence-electron chi connectivity index (χ1n) is 5.97. The van der Waals surface area contributed by atoms with Gasteiger partial charge in [-0.1, -0.05) is 15.9 Å². The molecule has 1 aliphatic rings. The number of hydrogen-bond donors (Lipinski definition) is 1. The molecule has 5 nitrogen and oxygen atoms in total. The van der Waals surface area contributed by atoms with Crippen molar-refractivity contribution >= 4 is 47.9 Å². The average molecular weight is 427 g/mol. The van der Waals surface area contributed by atoms with Gasteiger partial charge in [-0.25, -0.2) is 8.42 Å². The zero-order valence-electron chi connectivity index (χ0n) is 10.4. The zero-order chi connectivity index (χ0) is 14.9. The van der Waals surface area contributed by atoms with Crippen LogP contribution in [-0.4, -0.2) is 36.9 Å². The summed E-state index contributed by atoms with van der Waals surface area (Å²) < 4.78 is 27.7. The number of carboxylic acid groups (broad SMARTS) is 1. The van der Waals surface area contributed by atoms with E-state index in [-0.39, 0.29) is 23.8 Å². The number of carbonyl (C=O) groups is 1. The number of benzene rings is 1. The summed E-state index contributed by atoms with van der Waals surface area (Å²) in [5, 5.41) is 8.78. The molecule has 0 saturated carbocycles. The third kappa shape index (κ3) is 3.41. The fraction of sp³-hybridized carbons (Fsp3) is 0.417. The van der Waals surface area contributed by atoms with Crippen molar-refractivity contribution in [2.45, 2.75) is 17.7 Å². The van der Waals surface area contributed by atoms with Crippen molar-refractivity contribution in [2.24, 2.45) is 5.92 Å². The highest BCUT2D eigenvalue weighted by atomic mass is 79.9. The van der Waals surface area contributed by atoms with E-state index in [1.165, 1.54) is 4.31 Å². The van der Waals surface area contributed by atoms with Crippen molar-refractivity contribution < 1.29 is 18.3 Å². The molecule has 0 bridgehead atoms. The van der Waals surface area contributed by atoms with Crippen molar-refractivity contribution in [3.8, 4) is 0 Å². The predicted molar refractivity (Wildman–Crippen MR) is 81.0 cm³/mol. The third-order valence-corrected chi connectivity index (χ3v) is 6.58. The minimum atomic E-state index is -3.60. The topological polar surface area (TPSA) is 74.7 Å². The maximum Gasteiger partial charge on any atom is 0.303 e. The Balaban J connectivity index is 2.24. The molecule has 1 unspecified atom stereocenters. The molecular weight excluding hydrogens is 414 g/mol. The lowest BCUT2D eigenvalue weighted by Gasteiger charge is -2.17. The van der Waals surface area contributed by atoms with Crippen LogP contribution in [0.5, 0.6) is 0 Å². The fourth-order valence-electron chi connectivity index (χ4n) is 2.24. The van der Waals surface area contributed by atoms with E-state index in [4.69, 9.17) is 5.11 Å². The summed E-state index contributed by atoms with van der Waals surface area (Å²) >= 11 is 6.51. The van der Waals surface area contributed by atoms with E-state index >= 15 is 0 Å². The summed E-state index contributed by atoms with van der Waals surface area (Å²) in [6.45, 7) is 0.618. The van der Waals surface area contributed by atoms with Crippen LogP contribution in [0.25, 0.3) is 0 Å². The first-order chi connectivity index (χ1) is 9.30. The third-order valence-electron chi connectivity index (χ3n) is 3.22. The van der Waals surface area contributed by atoms with Crippen LogP contribution in [0, 0.1) is 5.92 Å². The van der Waals surface area contributed by atoms with Crippen LogP contribution in [0.3, 0.4) is 0 Å². The van der Waals surface area contributed by atoms with E-state index in [9.17, 15) is 13.2 Å². The summed E-state index contributed by atoms with van der Waals surface area (Å²) in [6.07, 6.45) is 0.586. The number of carboxylic acids is 1. The number of halogens is 2. The van der Waals surface area contributed by atoms with Gasteiger partial charge in [0, 0.05) is 28.5 Å². The fourth-order valence-corrected chi connectivity index (χ4v) is 5.24. The maximum absolute atomic E-state index is 12.6. The Labute approximate surface area is 134 Å². The standard InChI is InChI=1S/C12H13Br2NO4S/c13-9-1-2-10(14)11(6-9)20(18,19)15-4-3-8(7-15)5-12(16)17/h1-2,6,8H,3-5,7H2,(H,16,17). The first-order valence-corrected chi connectivity index (χ1v) is 9.00. The Kier molecular flexibility index (Phi) is 4.88. The number of nitrogens with zero attached hydrogens (tertiary/aromatic N) is 1. The summed E-state index contributed by atoms with van der Waals surface area (Å²) in [5.41, 5.74) is 0. The Morgan fingerprint density at radius 3 is 2.75 bits per heavy atom. The summed E-state index contributed by atoms with van der Waals surface area (Å²) in [5.74, 6) is -1.01. The molecule has 1 N–H and O–H groups in total. The minimum absolute atomic E-state index is 0.00563. The van der Waals surface area contributed by atoms with Gasteiger partial charge < -0.3 is 5.11 Å². The van der Waals surface area contributed by atoms with Crippen LogP contribution < -0.4 is 0 Å². The highest BCUT2D eigenvalue weighted by Gasteiger charge is 2.34. The lowest BCUT2D eigenvalue weighted by atomic mass is 10.1. The van der Waals surface area contributed by atoms with Gasteiger partial charge >= 0.3 is 5.97 Å². The molecule has 1 fully saturated rings. The van der Waals surface area contributed by atoms with Crippen LogP contribution in [0.15, 0.2) is 32.0 Å². The van der Waals surface area contributed by atoms with Gasteiger partial charge in [0.15, 0.2) is 0 Å². The molecule has 1 aliphatic heterocycles. The number of hydrogen-bond acceptors (Lipinski definition) is 3. The van der Waals surface area contributed by atoms with Crippen molar-refractivity contribution in [3.05, 3.63) is 27.1 Å². The van der Waals surface area contributed by atoms with Gasteiger partial charge in [0.1, 0.15) is 0 Å². The lowest BCUT2D eigenvalue weighted by Crippen LogP contribution is -2.29. The molecule has 1 saturated heterocycles. The molecule has 0 aliphatic carbocycles. The van der Waals surface area contributed by atoms with Gasteiger partial charge in [0.25, 0.3) is 0 Å². The van der Waals surface area contributed by atoms with Crippen molar-refractivity contribution in [2.75, 3.05) is 13.1 Å². The van der Waals surface area contributed by atoms with Crippen LogP contribution in [-0.2, 0) is 14.8 Å². The molecular formula is C12H13Br2NO4S. The number of sulfonamides is 1. The van der Waals surface area contributed by atoms with E-state index in [0.29, 0.717) is 21.9 Å². The monoisotopic (exact) mass is 425 g/mol. The van der Waals surface area contributed by atoms with Gasteiger partial charge in [-0.15, -0.1) is 0 Å². The Morgan fingerprint density at radius 1 is 1.40 bits per heavy atom. The highest BCUT2D eigenvalue weighted by Crippen LogP contribution is 2.31. The smallest absolute Gasteiger partial charge is 0.303 e. The zero-order valence-corrected chi connectivity index (χ0v) is 14.4. The van der Waals surface area contributed by atoms with E-state index in [1.54, 1.807) is 18.2 Å². The highest BCUT2D eigenvalue weighted by molar-refractivity contribution is 9.11. The van der Waals surface area contributed by atoms with Gasteiger partial charge in [0.05, 0.1) is 4.90 Å². The summed E-state index contributed by atoms with van der Waals surface area (Å²) in [4.78, 5) is 10.9. The number of rotatable bonds is 4. The maximum atomic E-state index is 12.6. The molecule has 1 aromatic rings. The molecule has 1 heterocycles. The van der Waals surface area contributed by atoms with E-state index in [0.717, 1.165) is 0 Å². The van der Waals surface area contributed by atoms with E-state index in [2.05, 4.69) is 31.9 Å². The van der Waals surface area contributed by atoms with Gasteiger partial charge in [0.2, 0.25) is 10.0 Å². The summed E-state index contributed by atoms with van der Waals surface area (Å²) in [6, 6.07) is 4.96. The van der Waals surface area contributed by atoms with Gasteiger partial charge in [-0.2, -0.15) is 4.31 Å². The Hall–Kier alpha value is -0.440. The van der Waals surface area contributed by atoms with Gasteiger partial charge in [-0.3, -0.25) is 4.79 Å². The van der Waals surface area contributed by atoms with Crippen molar-refractivity contribution in [1.29, 1.82) is 0 Å². The number of aliphatic carboxylic acids is 1. The average Bonchev–Trinajstić information content (AvgIpc) is 2.80. The molecule has 0 spiro atoms. The largest absolute Gasteiger partial charge is 0.481 e. The van der Waals surface area contributed by atoms with Crippen molar-refractivity contribution in [1.82, 2.24) is 4.31 Å². The normalized spacial score (nSPS) is 20.2. The quantitative estimate of drug-likeness (QED) is 0.803. The van der Waals surface area contributed by atoms with Crippen LogP contribution in [0.1, 0.15) is 12.8 Å². The molecule has 0 amide bonds.